The summed E-state index contributed by atoms with van der Waals surface area (Å²) >= 11 is 3.67. The van der Waals surface area contributed by atoms with Gasteiger partial charge < -0.3 is 13.9 Å². The van der Waals surface area contributed by atoms with Crippen LogP contribution in [0.15, 0.2) is 48.7 Å². The van der Waals surface area contributed by atoms with Crippen molar-refractivity contribution in [2.45, 2.75) is 46.8 Å². The standard InChI is InChI=1S/C25H29ClN4O5S/c1-16-7-10-19(11-8-16)30(36(33)34)23(31)22-15-29(17(2)27-22)14-18-9-12-20(13-21(18)26)28(6)24(32)35-25(3,4)5/h7-13,15H,14H2,1-6H3,(H,33,34)/p-1. The lowest BCUT2D eigenvalue weighted by Gasteiger charge is -2.25. The highest BCUT2D eigenvalue weighted by Crippen LogP contribution is 2.26. The lowest BCUT2D eigenvalue weighted by molar-refractivity contribution is 0.0589. The predicted molar refractivity (Wildman–Crippen MR) is 139 cm³/mol. The van der Waals surface area contributed by atoms with Crippen LogP contribution in [0.25, 0.3) is 0 Å². The topological polar surface area (TPSA) is 108 Å². The van der Waals surface area contributed by atoms with Gasteiger partial charge in [-0.2, -0.15) is 0 Å². The number of aryl methyl sites for hydroxylation is 2. The van der Waals surface area contributed by atoms with Crippen LogP contribution in [0.3, 0.4) is 0 Å². The van der Waals surface area contributed by atoms with Gasteiger partial charge in [-0.3, -0.25) is 13.9 Å². The summed E-state index contributed by atoms with van der Waals surface area (Å²) in [6, 6.07) is 11.7. The maximum Gasteiger partial charge on any atom is 0.414 e. The molecule has 0 N–H and O–H groups in total. The number of ether oxygens (including phenoxy) is 1. The summed E-state index contributed by atoms with van der Waals surface area (Å²) in [7, 11) is 1.59. The monoisotopic (exact) mass is 531 g/mol. The van der Waals surface area contributed by atoms with Crippen molar-refractivity contribution in [3.63, 3.8) is 0 Å². The minimum atomic E-state index is -2.83. The zero-order chi connectivity index (χ0) is 26.8. The van der Waals surface area contributed by atoms with Gasteiger partial charge in [0.1, 0.15) is 17.1 Å². The summed E-state index contributed by atoms with van der Waals surface area (Å²) in [5, 5.41) is 0.408. The molecule has 9 nitrogen and oxygen atoms in total. The van der Waals surface area contributed by atoms with Gasteiger partial charge in [0.05, 0.1) is 23.5 Å². The molecule has 192 valence electrons. The molecule has 1 aromatic heterocycles. The van der Waals surface area contributed by atoms with E-state index in [1.807, 2.05) is 6.92 Å². The van der Waals surface area contributed by atoms with Crippen LogP contribution in [-0.4, -0.2) is 43.0 Å². The van der Waals surface area contributed by atoms with E-state index in [2.05, 4.69) is 4.98 Å². The fraction of sp³-hybridized carbons (Fsp3) is 0.320. The molecule has 0 aliphatic rings. The van der Waals surface area contributed by atoms with E-state index in [9.17, 15) is 18.4 Å². The maximum absolute atomic E-state index is 13.0. The van der Waals surface area contributed by atoms with Gasteiger partial charge >= 0.3 is 6.09 Å². The summed E-state index contributed by atoms with van der Waals surface area (Å²) in [5.41, 5.74) is 1.79. The Bertz CT molecular complexity index is 1300. The highest BCUT2D eigenvalue weighted by molar-refractivity contribution is 7.81. The van der Waals surface area contributed by atoms with Crippen LogP contribution in [0, 0.1) is 13.8 Å². The molecule has 2 amide bonds. The van der Waals surface area contributed by atoms with E-state index >= 15 is 0 Å². The van der Waals surface area contributed by atoms with Crippen molar-refractivity contribution in [1.82, 2.24) is 9.55 Å². The summed E-state index contributed by atoms with van der Waals surface area (Å²) in [6.45, 7) is 9.22. The van der Waals surface area contributed by atoms with Crippen molar-refractivity contribution < 1.29 is 23.1 Å². The lowest BCUT2D eigenvalue weighted by atomic mass is 10.2. The number of nitrogens with zero attached hydrogens (tertiary/aromatic N) is 4. The summed E-state index contributed by atoms with van der Waals surface area (Å²) in [4.78, 5) is 31.0. The molecule has 3 rings (SSSR count). The quantitative estimate of drug-likeness (QED) is 0.413. The van der Waals surface area contributed by atoms with Gasteiger partial charge in [0.2, 0.25) is 0 Å². The van der Waals surface area contributed by atoms with Gasteiger partial charge in [-0.05, 0) is 64.4 Å². The molecule has 1 heterocycles. The molecule has 2 aromatic carbocycles. The second kappa shape index (κ2) is 10.8. The number of amides is 2. The number of benzene rings is 2. The number of halogens is 1. The van der Waals surface area contributed by atoms with Crippen LogP contribution in [-0.2, 0) is 22.5 Å². The molecule has 0 saturated heterocycles. The second-order valence-corrected chi connectivity index (χ2v) is 10.5. The molecule has 0 aliphatic heterocycles. The molecule has 0 bridgehead atoms. The maximum atomic E-state index is 13.0. The van der Waals surface area contributed by atoms with Crippen molar-refractivity contribution in [1.29, 1.82) is 0 Å². The molecule has 1 unspecified atom stereocenters. The van der Waals surface area contributed by atoms with Crippen LogP contribution in [0.5, 0.6) is 0 Å². The molecule has 11 heteroatoms. The first-order chi connectivity index (χ1) is 16.8. The molecular weight excluding hydrogens is 504 g/mol. The predicted octanol–water partition coefficient (Wildman–Crippen LogP) is 5.01. The van der Waals surface area contributed by atoms with Gasteiger partial charge in [-0.25, -0.2) is 14.1 Å². The third-order valence-electron chi connectivity index (χ3n) is 5.23. The van der Waals surface area contributed by atoms with Crippen LogP contribution < -0.4 is 9.21 Å². The van der Waals surface area contributed by atoms with Crippen molar-refractivity contribution in [2.24, 2.45) is 0 Å². The number of hydrogen-bond donors (Lipinski definition) is 0. The third-order valence-corrected chi connectivity index (χ3v) is 6.26. The Balaban J connectivity index is 1.81. The number of aromatic nitrogens is 2. The minimum Gasteiger partial charge on any atom is -0.755 e. The van der Waals surface area contributed by atoms with E-state index in [1.54, 1.807) is 81.8 Å². The molecule has 0 spiro atoms. The van der Waals surface area contributed by atoms with Crippen molar-refractivity contribution >= 4 is 46.2 Å². The fourth-order valence-electron chi connectivity index (χ4n) is 3.32. The first kappa shape index (κ1) is 27.4. The highest BCUT2D eigenvalue weighted by atomic mass is 35.5. The van der Waals surface area contributed by atoms with E-state index in [4.69, 9.17) is 16.3 Å². The third kappa shape index (κ3) is 6.51. The first-order valence-corrected chi connectivity index (χ1v) is 12.5. The Morgan fingerprint density at radius 1 is 1.11 bits per heavy atom. The van der Waals surface area contributed by atoms with Crippen LogP contribution in [0.4, 0.5) is 16.2 Å². The molecule has 0 fully saturated rings. The van der Waals surface area contributed by atoms with Crippen molar-refractivity contribution in [2.75, 3.05) is 16.3 Å². The zero-order valence-corrected chi connectivity index (χ0v) is 22.5. The molecule has 3 aromatic rings. The molecule has 0 saturated carbocycles. The van der Waals surface area contributed by atoms with Crippen LogP contribution in [0.2, 0.25) is 5.02 Å². The molecule has 1 atom stereocenters. The zero-order valence-electron chi connectivity index (χ0n) is 20.9. The Morgan fingerprint density at radius 2 is 1.72 bits per heavy atom. The molecule has 0 aliphatic carbocycles. The Hall–Kier alpha value is -3.21. The van der Waals surface area contributed by atoms with Gasteiger partial charge in [-0.1, -0.05) is 35.4 Å². The Labute approximate surface area is 218 Å². The van der Waals surface area contributed by atoms with Crippen LogP contribution >= 0.6 is 11.6 Å². The Morgan fingerprint density at radius 3 is 2.28 bits per heavy atom. The fourth-order valence-corrected chi connectivity index (χ4v) is 4.08. The SMILES string of the molecule is Cc1ccc(N(C(=O)c2cn(Cc3ccc(N(C)C(=O)OC(C)(C)C)cc3Cl)c(C)n2)S(=O)[O-])cc1. The average Bonchev–Trinajstić information content (AvgIpc) is 3.15. The van der Waals surface area contributed by atoms with E-state index in [1.165, 1.54) is 11.1 Å². The number of hydrogen-bond acceptors (Lipinski definition) is 6. The number of rotatable bonds is 6. The summed E-state index contributed by atoms with van der Waals surface area (Å²) in [6.07, 6.45) is 0.983. The average molecular weight is 532 g/mol. The van der Waals surface area contributed by atoms with E-state index in [0.717, 1.165) is 11.1 Å². The Kier molecular flexibility index (Phi) is 8.22. The number of carbonyl (C=O) groups is 2. The lowest BCUT2D eigenvalue weighted by Crippen LogP contribution is -2.34. The second-order valence-electron chi connectivity index (χ2n) is 9.27. The first-order valence-electron chi connectivity index (χ1n) is 11.1. The van der Waals surface area contributed by atoms with Crippen LogP contribution in [0.1, 0.15) is 48.2 Å². The molecular formula is C25H28ClN4O5S-. The van der Waals surface area contributed by atoms with Gasteiger partial charge in [0.25, 0.3) is 5.91 Å². The largest absolute Gasteiger partial charge is 0.755 e. The van der Waals surface area contributed by atoms with Gasteiger partial charge in [0, 0.05) is 24.0 Å². The summed E-state index contributed by atoms with van der Waals surface area (Å²) < 4.78 is 31.5. The number of anilines is 2. The van der Waals surface area contributed by atoms with Crippen molar-refractivity contribution in [3.8, 4) is 0 Å². The van der Waals surface area contributed by atoms with E-state index in [0.29, 0.717) is 20.8 Å². The normalized spacial score (nSPS) is 12.2. The van der Waals surface area contributed by atoms with Gasteiger partial charge in [-0.15, -0.1) is 0 Å². The van der Waals surface area contributed by atoms with Gasteiger partial charge in [0.15, 0.2) is 0 Å². The van der Waals surface area contributed by atoms with Crippen molar-refractivity contribution in [3.05, 3.63) is 76.3 Å². The molecule has 36 heavy (non-hydrogen) atoms. The summed E-state index contributed by atoms with van der Waals surface area (Å²) in [5.74, 6) is -0.264. The molecule has 0 radical (unpaired) electrons. The minimum absolute atomic E-state index is 0.0188. The number of carbonyl (C=O) groups excluding carboxylic acids is 2. The smallest absolute Gasteiger partial charge is 0.414 e. The highest BCUT2D eigenvalue weighted by Gasteiger charge is 2.23. The van der Waals surface area contributed by atoms with E-state index in [-0.39, 0.29) is 17.9 Å². The number of imidazole rings is 1. The van der Waals surface area contributed by atoms with E-state index < -0.39 is 28.9 Å².